The van der Waals surface area contributed by atoms with E-state index in [1.54, 1.807) is 48.3 Å². The summed E-state index contributed by atoms with van der Waals surface area (Å²) >= 11 is 0. The normalized spacial score (nSPS) is 19.8. The molecule has 9 heteroatoms. The summed E-state index contributed by atoms with van der Waals surface area (Å²) in [5, 5.41) is 6.45. The lowest BCUT2D eigenvalue weighted by atomic mass is 9.87. The number of hydrogen-bond donors (Lipinski definition) is 3. The molecule has 0 radical (unpaired) electrons. The highest BCUT2D eigenvalue weighted by Gasteiger charge is 2.52. The number of benzene rings is 2. The van der Waals surface area contributed by atoms with Crippen LogP contribution in [-0.4, -0.2) is 53.3 Å². The molecule has 5 amide bonds. The Morgan fingerprint density at radius 1 is 1.09 bits per heavy atom. The third-order valence-corrected chi connectivity index (χ3v) is 6.12. The number of hydrogen-bond acceptors (Lipinski definition) is 5. The molecule has 178 valence electrons. The molecule has 1 aliphatic carbocycles. The van der Waals surface area contributed by atoms with Gasteiger partial charge in [0.15, 0.2) is 0 Å². The summed E-state index contributed by atoms with van der Waals surface area (Å²) in [6, 6.07) is 15.9. The smallest absolute Gasteiger partial charge is 0.344 e. The van der Waals surface area contributed by atoms with Crippen molar-refractivity contribution in [3.8, 4) is 0 Å². The lowest BCUT2D eigenvalue weighted by Crippen LogP contribution is -2.50. The first-order valence-corrected chi connectivity index (χ1v) is 11.4. The second-order valence-electron chi connectivity index (χ2n) is 8.85. The second-order valence-corrected chi connectivity index (χ2v) is 8.85. The molecule has 34 heavy (non-hydrogen) atoms. The standard InChI is InChI=1S/C25H29N5O4/c1-3-25(19-7-5-4-6-8-19)23(33)30(24(34)27-25)28-21(31)16-29(2)15-17-9-11-18(12-10-17)22(32)26-20-13-14-20/h4-12,20H,3,13-16H2,1-2H3,(H,26,32)(H,27,34)(H,28,31). The van der Waals surface area contributed by atoms with Gasteiger partial charge in [-0.2, -0.15) is 5.01 Å². The van der Waals surface area contributed by atoms with Gasteiger partial charge in [0.2, 0.25) is 0 Å². The summed E-state index contributed by atoms with van der Waals surface area (Å²) < 4.78 is 0. The van der Waals surface area contributed by atoms with Crippen molar-refractivity contribution in [2.45, 2.75) is 44.3 Å². The Kier molecular flexibility index (Phi) is 6.65. The molecule has 0 aromatic heterocycles. The quantitative estimate of drug-likeness (QED) is 0.492. The van der Waals surface area contributed by atoms with Crippen LogP contribution in [0.1, 0.15) is 47.7 Å². The van der Waals surface area contributed by atoms with E-state index in [1.165, 1.54) is 0 Å². The van der Waals surface area contributed by atoms with Crippen LogP contribution < -0.4 is 16.1 Å². The molecule has 1 unspecified atom stereocenters. The highest BCUT2D eigenvalue weighted by molar-refractivity contribution is 6.08. The maximum atomic E-state index is 13.1. The number of urea groups is 1. The van der Waals surface area contributed by atoms with E-state index in [9.17, 15) is 19.2 Å². The number of nitrogens with one attached hydrogen (secondary N) is 3. The zero-order chi connectivity index (χ0) is 24.3. The van der Waals surface area contributed by atoms with Crippen molar-refractivity contribution in [3.05, 3.63) is 71.3 Å². The van der Waals surface area contributed by atoms with E-state index in [4.69, 9.17) is 0 Å². The van der Waals surface area contributed by atoms with Gasteiger partial charge in [-0.15, -0.1) is 0 Å². The van der Waals surface area contributed by atoms with E-state index in [1.807, 2.05) is 25.1 Å². The van der Waals surface area contributed by atoms with E-state index >= 15 is 0 Å². The van der Waals surface area contributed by atoms with Gasteiger partial charge < -0.3 is 10.6 Å². The summed E-state index contributed by atoms with van der Waals surface area (Å²) in [4.78, 5) is 52.1. The molecule has 9 nitrogen and oxygen atoms in total. The number of hydrazine groups is 1. The number of rotatable bonds is 9. The molecular formula is C25H29N5O4. The first-order valence-electron chi connectivity index (χ1n) is 11.4. The van der Waals surface area contributed by atoms with Crippen LogP contribution >= 0.6 is 0 Å². The Hall–Kier alpha value is -3.72. The minimum atomic E-state index is -1.20. The van der Waals surface area contributed by atoms with Gasteiger partial charge in [-0.25, -0.2) is 4.79 Å². The Morgan fingerprint density at radius 3 is 2.38 bits per heavy atom. The Labute approximate surface area is 198 Å². The third-order valence-electron chi connectivity index (χ3n) is 6.12. The van der Waals surface area contributed by atoms with E-state index in [0.29, 0.717) is 30.1 Å². The molecule has 1 aliphatic heterocycles. The molecule has 4 rings (SSSR count). The fourth-order valence-electron chi connectivity index (χ4n) is 4.07. The second kappa shape index (κ2) is 9.64. The first kappa shape index (κ1) is 23.4. The molecule has 2 fully saturated rings. The van der Waals surface area contributed by atoms with Crippen LogP contribution in [0.5, 0.6) is 0 Å². The number of imide groups is 1. The summed E-state index contributed by atoms with van der Waals surface area (Å²) in [7, 11) is 1.76. The number of likely N-dealkylation sites (N-methyl/N-ethyl adjacent to an activating group) is 1. The van der Waals surface area contributed by atoms with E-state index < -0.39 is 23.4 Å². The topological polar surface area (TPSA) is 111 Å². The molecule has 1 saturated carbocycles. The van der Waals surface area contributed by atoms with Crippen molar-refractivity contribution in [2.24, 2.45) is 0 Å². The molecule has 2 aliphatic rings. The fourth-order valence-corrected chi connectivity index (χ4v) is 4.07. The predicted molar refractivity (Wildman–Crippen MR) is 125 cm³/mol. The Bertz CT molecular complexity index is 1080. The number of amides is 5. The fraction of sp³-hybridized carbons (Fsp3) is 0.360. The Balaban J connectivity index is 1.32. The first-order chi connectivity index (χ1) is 16.3. The van der Waals surface area contributed by atoms with Gasteiger partial charge >= 0.3 is 6.03 Å². The number of carbonyl (C=O) groups is 4. The van der Waals surface area contributed by atoms with Crippen LogP contribution in [0.4, 0.5) is 4.79 Å². The van der Waals surface area contributed by atoms with Crippen molar-refractivity contribution >= 4 is 23.8 Å². The molecule has 0 spiro atoms. The van der Waals surface area contributed by atoms with Crippen molar-refractivity contribution in [2.75, 3.05) is 13.6 Å². The van der Waals surface area contributed by atoms with Crippen LogP contribution in [-0.2, 0) is 21.7 Å². The Morgan fingerprint density at radius 2 is 1.76 bits per heavy atom. The van der Waals surface area contributed by atoms with Crippen molar-refractivity contribution in [1.29, 1.82) is 0 Å². The van der Waals surface area contributed by atoms with Crippen molar-refractivity contribution < 1.29 is 19.2 Å². The molecule has 1 saturated heterocycles. The molecule has 0 bridgehead atoms. The minimum absolute atomic E-state index is 0.0224. The van der Waals surface area contributed by atoms with Gasteiger partial charge in [-0.05, 0) is 49.6 Å². The molecule has 3 N–H and O–H groups in total. The number of carbonyl (C=O) groups excluding carboxylic acids is 4. The molecule has 1 heterocycles. The summed E-state index contributed by atoms with van der Waals surface area (Å²) in [6.07, 6.45) is 2.42. The SMILES string of the molecule is CCC1(c2ccccc2)NC(=O)N(NC(=O)CN(C)Cc2ccc(C(=O)NC3CC3)cc2)C1=O. The lowest BCUT2D eigenvalue weighted by molar-refractivity contribution is -0.139. The molecular weight excluding hydrogens is 434 g/mol. The highest BCUT2D eigenvalue weighted by Crippen LogP contribution is 2.31. The highest BCUT2D eigenvalue weighted by atomic mass is 16.2. The summed E-state index contributed by atoms with van der Waals surface area (Å²) in [5.41, 5.74) is 3.44. The van der Waals surface area contributed by atoms with Crippen LogP contribution in [0, 0.1) is 0 Å². The van der Waals surface area contributed by atoms with Crippen molar-refractivity contribution in [3.63, 3.8) is 0 Å². The van der Waals surface area contributed by atoms with Crippen LogP contribution in [0.15, 0.2) is 54.6 Å². The van der Waals surface area contributed by atoms with Crippen LogP contribution in [0.2, 0.25) is 0 Å². The van der Waals surface area contributed by atoms with Gasteiger partial charge in [-0.1, -0.05) is 49.4 Å². The van der Waals surface area contributed by atoms with Crippen LogP contribution in [0.3, 0.4) is 0 Å². The van der Waals surface area contributed by atoms with E-state index in [2.05, 4.69) is 16.1 Å². The zero-order valence-electron chi connectivity index (χ0n) is 19.3. The lowest BCUT2D eigenvalue weighted by Gasteiger charge is -2.25. The van der Waals surface area contributed by atoms with Gasteiger partial charge in [-0.3, -0.25) is 24.7 Å². The van der Waals surface area contributed by atoms with Crippen LogP contribution in [0.25, 0.3) is 0 Å². The van der Waals surface area contributed by atoms with Gasteiger partial charge in [0.1, 0.15) is 5.54 Å². The molecule has 2 aromatic rings. The van der Waals surface area contributed by atoms with Crippen molar-refractivity contribution in [1.82, 2.24) is 26.0 Å². The van der Waals surface area contributed by atoms with Gasteiger partial charge in [0.25, 0.3) is 17.7 Å². The van der Waals surface area contributed by atoms with Gasteiger partial charge in [0, 0.05) is 18.2 Å². The molecule has 1 atom stereocenters. The predicted octanol–water partition coefficient (Wildman–Crippen LogP) is 1.90. The number of nitrogens with zero attached hydrogens (tertiary/aromatic N) is 2. The minimum Gasteiger partial charge on any atom is -0.349 e. The maximum absolute atomic E-state index is 13.1. The van der Waals surface area contributed by atoms with E-state index in [0.717, 1.165) is 23.4 Å². The zero-order valence-corrected chi connectivity index (χ0v) is 19.3. The monoisotopic (exact) mass is 463 g/mol. The van der Waals surface area contributed by atoms with E-state index in [-0.39, 0.29) is 12.5 Å². The third kappa shape index (κ3) is 4.94. The van der Waals surface area contributed by atoms with Gasteiger partial charge in [0.05, 0.1) is 6.54 Å². The summed E-state index contributed by atoms with van der Waals surface area (Å²) in [6.45, 7) is 2.25. The largest absolute Gasteiger partial charge is 0.349 e. The maximum Gasteiger partial charge on any atom is 0.344 e. The summed E-state index contributed by atoms with van der Waals surface area (Å²) in [5.74, 6) is -1.07. The average molecular weight is 464 g/mol. The average Bonchev–Trinajstić information content (AvgIpc) is 3.61. The molecule has 2 aromatic carbocycles.